The van der Waals surface area contributed by atoms with Crippen molar-refractivity contribution in [3.63, 3.8) is 0 Å². The van der Waals surface area contributed by atoms with E-state index < -0.39 is 0 Å². The Balaban J connectivity index is 2.02. The molecule has 0 aliphatic carbocycles. The highest BCUT2D eigenvalue weighted by molar-refractivity contribution is 9.10. The molecule has 1 aromatic heterocycles. The Hall–Kier alpha value is -1.33. The van der Waals surface area contributed by atoms with Gasteiger partial charge in [0.1, 0.15) is 0 Å². The lowest BCUT2D eigenvalue weighted by molar-refractivity contribution is 0.0941. The summed E-state index contributed by atoms with van der Waals surface area (Å²) in [6.07, 6.45) is 1.99. The molecule has 0 bridgehead atoms. The van der Waals surface area contributed by atoms with Crippen LogP contribution in [0.25, 0.3) is 10.9 Å². The van der Waals surface area contributed by atoms with Crippen molar-refractivity contribution in [2.24, 2.45) is 0 Å². The van der Waals surface area contributed by atoms with Crippen LogP contribution < -0.4 is 4.90 Å². The van der Waals surface area contributed by atoms with Crippen molar-refractivity contribution < 1.29 is 4.79 Å². The number of hydrogen-bond acceptors (Lipinski definition) is 3. The third-order valence-corrected chi connectivity index (χ3v) is 4.74. The molecule has 112 valence electrons. The zero-order valence-corrected chi connectivity index (χ0v) is 14.1. The Morgan fingerprint density at radius 2 is 1.95 bits per heavy atom. The van der Waals surface area contributed by atoms with Gasteiger partial charge in [-0.2, -0.15) is 0 Å². The van der Waals surface area contributed by atoms with E-state index in [0.29, 0.717) is 0 Å². The predicted octanol–water partition coefficient (Wildman–Crippen LogP) is 3.21. The van der Waals surface area contributed by atoms with Gasteiger partial charge in [-0.15, -0.1) is 0 Å². The van der Waals surface area contributed by atoms with E-state index in [9.17, 15) is 4.79 Å². The second kappa shape index (κ2) is 5.81. The first kappa shape index (κ1) is 14.6. The number of carbonyl (C=O) groups is 1. The van der Waals surface area contributed by atoms with Gasteiger partial charge >= 0.3 is 0 Å². The van der Waals surface area contributed by atoms with Crippen LogP contribution in [0.15, 0.2) is 28.9 Å². The van der Waals surface area contributed by atoms with Crippen LogP contribution in [0.5, 0.6) is 0 Å². The molecule has 0 saturated carbocycles. The van der Waals surface area contributed by atoms with Gasteiger partial charge in [-0.05, 0) is 24.7 Å². The number of anilines is 1. The minimum atomic E-state index is 0.0563. The number of halogens is 1. The summed E-state index contributed by atoms with van der Waals surface area (Å²) >= 11 is 3.54. The molecule has 5 heteroatoms. The number of benzene rings is 1. The highest BCUT2D eigenvalue weighted by Crippen LogP contribution is 2.32. The zero-order valence-electron chi connectivity index (χ0n) is 12.5. The summed E-state index contributed by atoms with van der Waals surface area (Å²) in [5, 5.41) is 1.14. The summed E-state index contributed by atoms with van der Waals surface area (Å²) < 4.78 is 2.80. The summed E-state index contributed by atoms with van der Waals surface area (Å²) in [6, 6.07) is 6.10. The van der Waals surface area contributed by atoms with Crippen LogP contribution >= 0.6 is 15.9 Å². The number of piperazine rings is 1. The minimum absolute atomic E-state index is 0.0563. The van der Waals surface area contributed by atoms with Gasteiger partial charge < -0.3 is 9.80 Å². The van der Waals surface area contributed by atoms with Crippen LogP contribution in [0.4, 0.5) is 5.69 Å². The fraction of sp³-hybridized carbons (Fsp3) is 0.438. The van der Waals surface area contributed by atoms with Crippen LogP contribution in [0.1, 0.15) is 18.6 Å². The maximum atomic E-state index is 11.9. The number of fused-ring (bicyclic) bond motifs is 1. The largest absolute Gasteiger partial charge is 0.367 e. The number of aromatic nitrogens is 1. The maximum Gasteiger partial charge on any atom is 0.228 e. The van der Waals surface area contributed by atoms with E-state index in [1.807, 2.05) is 18.3 Å². The van der Waals surface area contributed by atoms with Crippen molar-refractivity contribution in [2.75, 3.05) is 37.6 Å². The summed E-state index contributed by atoms with van der Waals surface area (Å²) in [6.45, 7) is 9.10. The van der Waals surface area contributed by atoms with Crippen LogP contribution in [0, 0.1) is 0 Å². The summed E-state index contributed by atoms with van der Waals surface area (Å²) in [5.74, 6) is 0.0563. The second-order valence-corrected chi connectivity index (χ2v) is 6.40. The summed E-state index contributed by atoms with van der Waals surface area (Å²) in [5.41, 5.74) is 2.15. The number of rotatable bonds is 2. The summed E-state index contributed by atoms with van der Waals surface area (Å²) in [7, 11) is 0. The van der Waals surface area contributed by atoms with Gasteiger partial charge in [-0.25, -0.2) is 0 Å². The first-order chi connectivity index (χ1) is 10.1. The lowest BCUT2D eigenvalue weighted by Gasteiger charge is -2.35. The molecule has 0 radical (unpaired) electrons. The molecule has 0 spiro atoms. The number of carbonyl (C=O) groups excluding carboxylic acids is 1. The molecule has 3 rings (SSSR count). The molecule has 0 atom stereocenters. The maximum absolute atomic E-state index is 11.9. The highest BCUT2D eigenvalue weighted by Gasteiger charge is 2.20. The van der Waals surface area contributed by atoms with E-state index in [2.05, 4.69) is 38.7 Å². The molecule has 2 aromatic rings. The van der Waals surface area contributed by atoms with Crippen LogP contribution in [0.2, 0.25) is 0 Å². The van der Waals surface area contributed by atoms with Crippen molar-refractivity contribution in [3.05, 3.63) is 28.9 Å². The van der Waals surface area contributed by atoms with E-state index in [4.69, 9.17) is 0 Å². The molecule has 0 N–H and O–H groups in total. The normalized spacial score (nSPS) is 16.6. The van der Waals surface area contributed by atoms with Gasteiger partial charge in [0, 0.05) is 49.2 Å². The fourth-order valence-corrected chi connectivity index (χ4v) is 3.36. The lowest BCUT2D eigenvalue weighted by atomic mass is 10.2. The van der Waals surface area contributed by atoms with E-state index >= 15 is 0 Å². The van der Waals surface area contributed by atoms with E-state index in [1.54, 1.807) is 11.5 Å². The first-order valence-electron chi connectivity index (χ1n) is 7.39. The van der Waals surface area contributed by atoms with Crippen LogP contribution in [0.3, 0.4) is 0 Å². The minimum Gasteiger partial charge on any atom is -0.367 e. The SMILES string of the molecule is CCN1CCN(c2cn(C(C)=O)c3ccc(Br)cc23)CC1. The van der Waals surface area contributed by atoms with Crippen LogP contribution in [-0.2, 0) is 0 Å². The average Bonchev–Trinajstić information content (AvgIpc) is 2.86. The van der Waals surface area contributed by atoms with Crippen molar-refractivity contribution >= 4 is 38.4 Å². The Kier molecular flexibility index (Phi) is 4.04. The van der Waals surface area contributed by atoms with E-state index in [1.165, 1.54) is 0 Å². The van der Waals surface area contributed by atoms with E-state index in [-0.39, 0.29) is 5.91 Å². The molecule has 21 heavy (non-hydrogen) atoms. The zero-order chi connectivity index (χ0) is 15.0. The molecular weight excluding hydrogens is 330 g/mol. The number of likely N-dealkylation sites (N-methyl/N-ethyl adjacent to an activating group) is 1. The van der Waals surface area contributed by atoms with Gasteiger partial charge in [0.2, 0.25) is 5.91 Å². The average molecular weight is 350 g/mol. The smallest absolute Gasteiger partial charge is 0.228 e. The van der Waals surface area contributed by atoms with Gasteiger partial charge in [-0.1, -0.05) is 22.9 Å². The van der Waals surface area contributed by atoms with E-state index in [0.717, 1.165) is 53.8 Å². The Bertz CT molecular complexity index is 671. The van der Waals surface area contributed by atoms with Crippen LogP contribution in [-0.4, -0.2) is 48.1 Å². The lowest BCUT2D eigenvalue weighted by Crippen LogP contribution is -2.46. The molecule has 2 heterocycles. The van der Waals surface area contributed by atoms with Crippen molar-refractivity contribution in [2.45, 2.75) is 13.8 Å². The molecule has 1 aromatic carbocycles. The molecule has 0 unspecified atom stereocenters. The van der Waals surface area contributed by atoms with Crippen molar-refractivity contribution in [1.29, 1.82) is 0 Å². The molecular formula is C16H20BrN3O. The second-order valence-electron chi connectivity index (χ2n) is 5.49. The molecule has 0 amide bonds. The van der Waals surface area contributed by atoms with Gasteiger partial charge in [0.25, 0.3) is 0 Å². The Labute approximate surface area is 133 Å². The first-order valence-corrected chi connectivity index (χ1v) is 8.18. The Morgan fingerprint density at radius 3 is 2.57 bits per heavy atom. The third kappa shape index (κ3) is 2.72. The van der Waals surface area contributed by atoms with Gasteiger partial charge in [0.05, 0.1) is 11.2 Å². The number of nitrogens with zero attached hydrogens (tertiary/aromatic N) is 3. The number of hydrogen-bond donors (Lipinski definition) is 0. The quantitative estimate of drug-likeness (QED) is 0.833. The predicted molar refractivity (Wildman–Crippen MR) is 90.3 cm³/mol. The van der Waals surface area contributed by atoms with Gasteiger partial charge in [-0.3, -0.25) is 9.36 Å². The highest BCUT2D eigenvalue weighted by atomic mass is 79.9. The molecule has 1 fully saturated rings. The van der Waals surface area contributed by atoms with Crippen molar-refractivity contribution in [3.8, 4) is 0 Å². The fourth-order valence-electron chi connectivity index (χ4n) is 3.00. The van der Waals surface area contributed by atoms with Crippen molar-refractivity contribution in [1.82, 2.24) is 9.47 Å². The summed E-state index contributed by atoms with van der Waals surface area (Å²) in [4.78, 5) is 16.7. The van der Waals surface area contributed by atoms with Gasteiger partial charge in [0.15, 0.2) is 0 Å². The monoisotopic (exact) mass is 349 g/mol. The molecule has 4 nitrogen and oxygen atoms in total. The third-order valence-electron chi connectivity index (χ3n) is 4.24. The molecule has 1 aliphatic rings. The Morgan fingerprint density at radius 1 is 1.24 bits per heavy atom. The standard InChI is InChI=1S/C16H20BrN3O/c1-3-18-6-8-19(9-7-18)16-11-20(12(2)21)15-5-4-13(17)10-14(15)16/h4-5,10-11H,3,6-9H2,1-2H3. The molecule has 1 aliphatic heterocycles. The molecule has 1 saturated heterocycles. The topological polar surface area (TPSA) is 28.5 Å².